The topological polar surface area (TPSA) is 94.0 Å². The van der Waals surface area contributed by atoms with E-state index in [0.717, 1.165) is 48.3 Å². The molecule has 4 fully saturated rings. The third-order valence-corrected chi connectivity index (χ3v) is 6.67. The quantitative estimate of drug-likeness (QED) is 0.730. The van der Waals surface area contributed by atoms with Gasteiger partial charge in [-0.15, -0.1) is 0 Å². The number of nitrogens with zero attached hydrogens (tertiary/aromatic N) is 1. The van der Waals surface area contributed by atoms with Gasteiger partial charge in [-0.3, -0.25) is 10.1 Å². The van der Waals surface area contributed by atoms with Crippen LogP contribution in [0, 0.1) is 29.1 Å². The van der Waals surface area contributed by atoms with Gasteiger partial charge in [0.25, 0.3) is 0 Å². The minimum atomic E-state index is -0.538. The van der Waals surface area contributed by atoms with Crippen LogP contribution in [-0.2, 0) is 11.2 Å². The van der Waals surface area contributed by atoms with E-state index >= 15 is 0 Å². The van der Waals surface area contributed by atoms with Gasteiger partial charge in [-0.25, -0.2) is 4.79 Å². The number of rotatable bonds is 5. The number of hydrogen-bond acceptors (Lipinski definition) is 4. The Balaban J connectivity index is 1.29. The number of urea groups is 1. The highest BCUT2D eigenvalue weighted by atomic mass is 16.2. The number of nitriles is 1. The molecule has 6 nitrogen and oxygen atoms in total. The number of carbonyl (C=O) groups excluding carboxylic acids is 2. The Bertz CT molecular complexity index is 760. The first kappa shape index (κ1) is 18.8. The number of benzene rings is 1. The molecule has 0 aromatic heterocycles. The van der Waals surface area contributed by atoms with E-state index < -0.39 is 6.04 Å². The lowest BCUT2D eigenvalue weighted by atomic mass is 9.53. The fourth-order valence-corrected chi connectivity index (χ4v) is 5.88. The molecule has 6 heteroatoms. The lowest BCUT2D eigenvalue weighted by Crippen LogP contribution is -2.62. The highest BCUT2D eigenvalue weighted by Gasteiger charge is 2.51. The van der Waals surface area contributed by atoms with Gasteiger partial charge in [-0.05, 0) is 80.9 Å². The van der Waals surface area contributed by atoms with Crippen molar-refractivity contribution in [3.8, 4) is 6.07 Å². The first-order valence-corrected chi connectivity index (χ1v) is 10.3. The lowest BCUT2D eigenvalue weighted by Gasteiger charge is -2.56. The number of hydrogen-bond donors (Lipinski definition) is 3. The smallest absolute Gasteiger partial charge is 0.321 e. The van der Waals surface area contributed by atoms with Gasteiger partial charge in [0.1, 0.15) is 6.04 Å². The minimum Gasteiger partial charge on any atom is -0.374 e. The molecule has 0 aliphatic heterocycles. The van der Waals surface area contributed by atoms with E-state index in [2.05, 4.69) is 22.0 Å². The normalized spacial score (nSPS) is 30.9. The standard InChI is InChI=1S/C22H28N4O2/c1-14(24-19-4-2-15(3-5-19)6-7-23)20(27)25-21(28)26-22-11-16-8-17(12-22)10-18(9-16)13-22/h2-5,14,16-18,24H,6,8-13H2,1H3,(H2,25,26,27,28). The number of nitrogens with one attached hydrogen (secondary N) is 3. The molecule has 1 aromatic rings. The molecule has 1 unspecified atom stereocenters. The zero-order valence-electron chi connectivity index (χ0n) is 16.3. The van der Waals surface area contributed by atoms with Gasteiger partial charge in [0.2, 0.25) is 5.91 Å². The van der Waals surface area contributed by atoms with Crippen LogP contribution < -0.4 is 16.0 Å². The first-order chi connectivity index (χ1) is 13.4. The van der Waals surface area contributed by atoms with Crippen molar-refractivity contribution in [2.75, 3.05) is 5.32 Å². The maximum Gasteiger partial charge on any atom is 0.321 e. The Morgan fingerprint density at radius 3 is 2.21 bits per heavy atom. The zero-order valence-corrected chi connectivity index (χ0v) is 16.3. The number of imide groups is 1. The van der Waals surface area contributed by atoms with Gasteiger partial charge < -0.3 is 10.6 Å². The summed E-state index contributed by atoms with van der Waals surface area (Å²) in [5, 5.41) is 17.5. The third-order valence-electron chi connectivity index (χ3n) is 6.67. The number of amides is 3. The van der Waals surface area contributed by atoms with E-state index in [4.69, 9.17) is 5.26 Å². The van der Waals surface area contributed by atoms with E-state index in [0.29, 0.717) is 6.42 Å². The van der Waals surface area contributed by atoms with Gasteiger partial charge in [0.15, 0.2) is 0 Å². The highest BCUT2D eigenvalue weighted by Crippen LogP contribution is 2.55. The predicted molar refractivity (Wildman–Crippen MR) is 106 cm³/mol. The van der Waals surface area contributed by atoms with Crippen LogP contribution in [0.4, 0.5) is 10.5 Å². The summed E-state index contributed by atoms with van der Waals surface area (Å²) in [7, 11) is 0. The maximum atomic E-state index is 12.5. The summed E-state index contributed by atoms with van der Waals surface area (Å²) in [6, 6.07) is 8.59. The summed E-state index contributed by atoms with van der Waals surface area (Å²) < 4.78 is 0. The molecule has 3 amide bonds. The molecule has 0 saturated heterocycles. The van der Waals surface area contributed by atoms with Crippen LogP contribution in [0.15, 0.2) is 24.3 Å². The van der Waals surface area contributed by atoms with Crippen LogP contribution in [0.5, 0.6) is 0 Å². The average Bonchev–Trinajstić information content (AvgIpc) is 2.61. The molecule has 5 rings (SSSR count). The molecule has 4 bridgehead atoms. The SMILES string of the molecule is CC(Nc1ccc(CC#N)cc1)C(=O)NC(=O)NC12CC3CC(CC(C3)C1)C2. The summed E-state index contributed by atoms with van der Waals surface area (Å²) in [5.74, 6) is 1.88. The van der Waals surface area contributed by atoms with E-state index in [1.54, 1.807) is 6.92 Å². The Labute approximate surface area is 166 Å². The van der Waals surface area contributed by atoms with Crippen LogP contribution in [0.1, 0.15) is 51.0 Å². The number of anilines is 1. The van der Waals surface area contributed by atoms with E-state index in [1.807, 2.05) is 24.3 Å². The minimum absolute atomic E-state index is 0.105. The van der Waals surface area contributed by atoms with Crippen LogP contribution in [0.25, 0.3) is 0 Å². The highest BCUT2D eigenvalue weighted by molar-refractivity contribution is 5.98. The van der Waals surface area contributed by atoms with Crippen molar-refractivity contribution in [2.45, 2.75) is 63.5 Å². The molecule has 3 N–H and O–H groups in total. The van der Waals surface area contributed by atoms with Crippen LogP contribution >= 0.6 is 0 Å². The van der Waals surface area contributed by atoms with E-state index in [9.17, 15) is 9.59 Å². The van der Waals surface area contributed by atoms with E-state index in [1.165, 1.54) is 19.3 Å². The van der Waals surface area contributed by atoms with Crippen molar-refractivity contribution in [3.05, 3.63) is 29.8 Å². The van der Waals surface area contributed by atoms with Crippen molar-refractivity contribution < 1.29 is 9.59 Å². The van der Waals surface area contributed by atoms with Crippen molar-refractivity contribution in [1.29, 1.82) is 5.26 Å². The van der Waals surface area contributed by atoms with Gasteiger partial charge in [0.05, 0.1) is 12.5 Å². The third kappa shape index (κ3) is 3.99. The maximum absolute atomic E-state index is 12.5. The summed E-state index contributed by atoms with van der Waals surface area (Å²) in [6.45, 7) is 1.73. The summed E-state index contributed by atoms with van der Waals surface area (Å²) in [5.41, 5.74) is 1.61. The second-order valence-electron chi connectivity index (χ2n) is 9.04. The van der Waals surface area contributed by atoms with E-state index in [-0.39, 0.29) is 17.5 Å². The van der Waals surface area contributed by atoms with Crippen molar-refractivity contribution in [2.24, 2.45) is 17.8 Å². The second kappa shape index (κ2) is 7.46. The Kier molecular flexibility index (Phi) is 5.01. The molecule has 0 heterocycles. The molecule has 4 saturated carbocycles. The van der Waals surface area contributed by atoms with Gasteiger partial charge in [-0.2, -0.15) is 5.26 Å². The molecule has 28 heavy (non-hydrogen) atoms. The molecule has 148 valence electrons. The summed E-state index contributed by atoms with van der Waals surface area (Å²) in [4.78, 5) is 24.9. The zero-order chi connectivity index (χ0) is 19.7. The largest absolute Gasteiger partial charge is 0.374 e. The van der Waals surface area contributed by atoms with Crippen molar-refractivity contribution in [1.82, 2.24) is 10.6 Å². The monoisotopic (exact) mass is 380 g/mol. The molecule has 0 radical (unpaired) electrons. The van der Waals surface area contributed by atoms with Crippen molar-refractivity contribution >= 4 is 17.6 Å². The lowest BCUT2D eigenvalue weighted by molar-refractivity contribution is -0.120. The molecule has 1 atom stereocenters. The van der Waals surface area contributed by atoms with Crippen molar-refractivity contribution in [3.63, 3.8) is 0 Å². The Morgan fingerprint density at radius 1 is 1.11 bits per heavy atom. The molecular formula is C22H28N4O2. The first-order valence-electron chi connectivity index (χ1n) is 10.3. The van der Waals surface area contributed by atoms with Gasteiger partial charge in [0, 0.05) is 11.2 Å². The van der Waals surface area contributed by atoms with Crippen LogP contribution in [0.3, 0.4) is 0 Å². The van der Waals surface area contributed by atoms with Crippen LogP contribution in [-0.4, -0.2) is 23.5 Å². The fraction of sp³-hybridized carbons (Fsp3) is 0.591. The number of carbonyl (C=O) groups is 2. The Morgan fingerprint density at radius 2 is 1.68 bits per heavy atom. The Hall–Kier alpha value is -2.55. The molecule has 1 aromatic carbocycles. The van der Waals surface area contributed by atoms with Crippen LogP contribution in [0.2, 0.25) is 0 Å². The molecule has 4 aliphatic carbocycles. The average molecular weight is 380 g/mol. The molecule has 4 aliphatic rings. The molecule has 0 spiro atoms. The second-order valence-corrected chi connectivity index (χ2v) is 9.04. The van der Waals surface area contributed by atoms with Gasteiger partial charge in [-0.1, -0.05) is 12.1 Å². The van der Waals surface area contributed by atoms with Gasteiger partial charge >= 0.3 is 6.03 Å². The predicted octanol–water partition coefficient (Wildman–Crippen LogP) is 3.35. The molecular weight excluding hydrogens is 352 g/mol. The summed E-state index contributed by atoms with van der Waals surface area (Å²) in [6.07, 6.45) is 7.48. The fourth-order valence-electron chi connectivity index (χ4n) is 5.88. The summed E-state index contributed by atoms with van der Waals surface area (Å²) >= 11 is 0.